The first-order chi connectivity index (χ1) is 12.9. The van der Waals surface area contributed by atoms with E-state index in [2.05, 4.69) is 53.0 Å². The molecule has 3 rings (SSSR count). The number of benzene rings is 2. The lowest BCUT2D eigenvalue weighted by Crippen LogP contribution is -2.00. The normalized spacial score (nSPS) is 10.8. The Morgan fingerprint density at radius 3 is 2.37 bits per heavy atom. The van der Waals surface area contributed by atoms with Gasteiger partial charge in [0.05, 0.1) is 10.2 Å². The quantitative estimate of drug-likeness (QED) is 0.561. The van der Waals surface area contributed by atoms with E-state index in [1.54, 1.807) is 12.1 Å². The second kappa shape index (κ2) is 7.89. The van der Waals surface area contributed by atoms with Crippen molar-refractivity contribution in [1.82, 2.24) is 4.98 Å². The van der Waals surface area contributed by atoms with Crippen LogP contribution in [0.1, 0.15) is 25.0 Å². The van der Waals surface area contributed by atoms with E-state index in [1.165, 1.54) is 11.6 Å². The van der Waals surface area contributed by atoms with Crippen molar-refractivity contribution in [3.05, 3.63) is 69.9 Å². The third kappa shape index (κ3) is 4.17. The molecule has 1 heterocycles. The van der Waals surface area contributed by atoms with Crippen molar-refractivity contribution in [2.75, 3.05) is 5.73 Å². The largest absolute Gasteiger partial charge is 0.383 e. The number of rotatable bonds is 4. The molecule has 2 N–H and O–H groups in total. The van der Waals surface area contributed by atoms with Gasteiger partial charge in [-0.15, -0.1) is 0 Å². The maximum absolute atomic E-state index is 13.6. The number of nitrogens with two attached hydrogens (primary N) is 1. The molecular formula is C22H19BrFN3. The van der Waals surface area contributed by atoms with Crippen LogP contribution >= 0.6 is 15.9 Å². The highest BCUT2D eigenvalue weighted by Gasteiger charge is 2.14. The van der Waals surface area contributed by atoms with Crippen LogP contribution in [0.2, 0.25) is 0 Å². The Morgan fingerprint density at radius 1 is 1.11 bits per heavy atom. The maximum atomic E-state index is 13.6. The molecule has 0 bridgehead atoms. The third-order valence-corrected chi connectivity index (χ3v) is 4.89. The van der Waals surface area contributed by atoms with E-state index in [0.29, 0.717) is 27.2 Å². The Bertz CT molecular complexity index is 1020. The minimum atomic E-state index is -0.361. The van der Waals surface area contributed by atoms with Crippen molar-refractivity contribution in [2.24, 2.45) is 5.92 Å². The van der Waals surface area contributed by atoms with Crippen LogP contribution in [0.15, 0.2) is 53.0 Å². The molecule has 136 valence electrons. The molecular weight excluding hydrogens is 405 g/mol. The average Bonchev–Trinajstić information content (AvgIpc) is 2.63. The Kier molecular flexibility index (Phi) is 5.57. The van der Waals surface area contributed by atoms with Crippen LogP contribution in [0.25, 0.3) is 22.4 Å². The molecule has 1 aromatic heterocycles. The predicted octanol–water partition coefficient (Wildman–Crippen LogP) is 5.97. The van der Waals surface area contributed by atoms with Gasteiger partial charge in [0.1, 0.15) is 23.3 Å². The zero-order valence-corrected chi connectivity index (χ0v) is 16.7. The van der Waals surface area contributed by atoms with Crippen molar-refractivity contribution in [3.63, 3.8) is 0 Å². The summed E-state index contributed by atoms with van der Waals surface area (Å²) in [4.78, 5) is 4.40. The fourth-order valence-corrected chi connectivity index (χ4v) is 3.38. The van der Waals surface area contributed by atoms with Crippen molar-refractivity contribution in [1.29, 1.82) is 5.26 Å². The van der Waals surface area contributed by atoms with E-state index in [1.807, 2.05) is 18.2 Å². The first-order valence-electron chi connectivity index (χ1n) is 8.64. The van der Waals surface area contributed by atoms with E-state index >= 15 is 0 Å². The smallest absolute Gasteiger partial charge is 0.142 e. The minimum Gasteiger partial charge on any atom is -0.383 e. The molecule has 0 spiro atoms. The second-order valence-corrected chi connectivity index (χ2v) is 7.71. The van der Waals surface area contributed by atoms with Crippen LogP contribution in [-0.2, 0) is 6.42 Å². The van der Waals surface area contributed by atoms with Gasteiger partial charge in [0.2, 0.25) is 0 Å². The van der Waals surface area contributed by atoms with Crippen molar-refractivity contribution in [3.8, 4) is 28.5 Å². The van der Waals surface area contributed by atoms with Crippen molar-refractivity contribution < 1.29 is 4.39 Å². The van der Waals surface area contributed by atoms with Gasteiger partial charge in [0.15, 0.2) is 0 Å². The number of aromatic nitrogens is 1. The highest BCUT2D eigenvalue weighted by atomic mass is 79.9. The molecule has 0 radical (unpaired) electrons. The molecule has 0 atom stereocenters. The molecule has 0 aliphatic rings. The molecule has 0 saturated heterocycles. The minimum absolute atomic E-state index is 0.164. The summed E-state index contributed by atoms with van der Waals surface area (Å²) in [6, 6.07) is 16.7. The predicted molar refractivity (Wildman–Crippen MR) is 110 cm³/mol. The SMILES string of the molecule is CC(C)Cc1ccc(-c2cc(-c3ccc(F)c(Br)c3)c(C#N)c(N)n2)cc1. The Labute approximate surface area is 166 Å². The topological polar surface area (TPSA) is 62.7 Å². The summed E-state index contributed by atoms with van der Waals surface area (Å²) in [5.41, 5.74) is 10.5. The average molecular weight is 424 g/mol. The number of hydrogen-bond donors (Lipinski definition) is 1. The van der Waals surface area contributed by atoms with Crippen molar-refractivity contribution in [2.45, 2.75) is 20.3 Å². The Hall–Kier alpha value is -2.71. The van der Waals surface area contributed by atoms with E-state index < -0.39 is 0 Å². The zero-order chi connectivity index (χ0) is 19.6. The molecule has 27 heavy (non-hydrogen) atoms. The summed E-state index contributed by atoms with van der Waals surface area (Å²) in [5, 5.41) is 9.51. The van der Waals surface area contributed by atoms with Gasteiger partial charge >= 0.3 is 0 Å². The van der Waals surface area contributed by atoms with E-state index in [0.717, 1.165) is 12.0 Å². The highest BCUT2D eigenvalue weighted by molar-refractivity contribution is 9.10. The van der Waals surface area contributed by atoms with Crippen LogP contribution in [0.4, 0.5) is 10.2 Å². The summed E-state index contributed by atoms with van der Waals surface area (Å²) in [7, 11) is 0. The third-order valence-electron chi connectivity index (χ3n) is 4.28. The van der Waals surface area contributed by atoms with Crippen LogP contribution in [0.5, 0.6) is 0 Å². The van der Waals surface area contributed by atoms with Crippen LogP contribution in [-0.4, -0.2) is 4.98 Å². The molecule has 0 aliphatic carbocycles. The van der Waals surface area contributed by atoms with Gasteiger partial charge in [-0.2, -0.15) is 5.26 Å². The number of pyridine rings is 1. The first-order valence-corrected chi connectivity index (χ1v) is 9.43. The van der Waals surface area contributed by atoms with Crippen LogP contribution in [0.3, 0.4) is 0 Å². The molecule has 0 aliphatic heterocycles. The molecule has 0 amide bonds. The summed E-state index contributed by atoms with van der Waals surface area (Å²) < 4.78 is 13.9. The number of nitrogen functional groups attached to an aromatic ring is 1. The molecule has 3 nitrogen and oxygen atoms in total. The van der Waals surface area contributed by atoms with E-state index in [4.69, 9.17) is 5.73 Å². The van der Waals surface area contributed by atoms with Crippen LogP contribution in [0, 0.1) is 23.1 Å². The number of hydrogen-bond acceptors (Lipinski definition) is 3. The van der Waals surface area contributed by atoms with E-state index in [9.17, 15) is 9.65 Å². The Morgan fingerprint density at radius 2 is 1.78 bits per heavy atom. The van der Waals surface area contributed by atoms with E-state index in [-0.39, 0.29) is 17.2 Å². The first kappa shape index (κ1) is 19.1. The standard InChI is InChI=1S/C22H19BrFN3/c1-13(2)9-14-3-5-15(6-4-14)21-11-17(18(12-25)22(26)27-21)16-7-8-20(24)19(23)10-16/h3-8,10-11,13H,9H2,1-2H3,(H2,26,27). The monoisotopic (exact) mass is 423 g/mol. The zero-order valence-electron chi connectivity index (χ0n) is 15.1. The van der Waals surface area contributed by atoms with Crippen molar-refractivity contribution >= 4 is 21.7 Å². The summed E-state index contributed by atoms with van der Waals surface area (Å²) in [5.74, 6) is 0.389. The van der Waals surface area contributed by atoms with Gasteiger partial charge < -0.3 is 5.73 Å². The summed E-state index contributed by atoms with van der Waals surface area (Å²) in [6.45, 7) is 4.37. The van der Waals surface area contributed by atoms with Gasteiger partial charge in [-0.25, -0.2) is 9.37 Å². The van der Waals surface area contributed by atoms with Gasteiger partial charge in [0, 0.05) is 11.1 Å². The second-order valence-electron chi connectivity index (χ2n) is 6.85. The molecule has 3 aromatic rings. The molecule has 0 unspecified atom stereocenters. The van der Waals surface area contributed by atoms with Gasteiger partial charge in [-0.3, -0.25) is 0 Å². The lowest BCUT2D eigenvalue weighted by atomic mass is 9.97. The summed E-state index contributed by atoms with van der Waals surface area (Å²) >= 11 is 3.19. The summed E-state index contributed by atoms with van der Waals surface area (Å²) in [6.07, 6.45) is 1.01. The molecule has 5 heteroatoms. The molecule has 0 saturated carbocycles. The number of nitriles is 1. The fourth-order valence-electron chi connectivity index (χ4n) is 3.00. The van der Waals surface area contributed by atoms with Gasteiger partial charge in [0.25, 0.3) is 0 Å². The highest BCUT2D eigenvalue weighted by Crippen LogP contribution is 2.33. The van der Waals surface area contributed by atoms with Gasteiger partial charge in [-0.05, 0) is 57.6 Å². The lowest BCUT2D eigenvalue weighted by molar-refractivity contribution is 0.621. The van der Waals surface area contributed by atoms with Gasteiger partial charge in [-0.1, -0.05) is 44.2 Å². The Balaban J connectivity index is 2.09. The lowest BCUT2D eigenvalue weighted by Gasteiger charge is -2.11. The van der Waals surface area contributed by atoms with Crippen LogP contribution < -0.4 is 5.73 Å². The maximum Gasteiger partial charge on any atom is 0.142 e. The molecule has 0 fully saturated rings. The number of halogens is 2. The number of anilines is 1. The molecule has 2 aromatic carbocycles. The fraction of sp³-hybridized carbons (Fsp3) is 0.182. The number of nitrogens with zero attached hydrogens (tertiary/aromatic N) is 2.